The number of nitrogens with one attached hydrogen (secondary N) is 2. The maximum atomic E-state index is 11.2. The molecule has 0 aliphatic rings. The van der Waals surface area contributed by atoms with Crippen LogP contribution >= 0.6 is 0 Å². The Morgan fingerprint density at radius 2 is 2.33 bits per heavy atom. The minimum absolute atomic E-state index is 0.0414. The molecule has 15 heavy (non-hydrogen) atoms. The van der Waals surface area contributed by atoms with Crippen LogP contribution in [0.4, 0.5) is 0 Å². The summed E-state index contributed by atoms with van der Waals surface area (Å²) in [6.07, 6.45) is 5.82. The average Bonchev–Trinajstić information content (AvgIpc) is 2.67. The number of rotatable bonds is 6. The number of nitrogens with zero attached hydrogens (tertiary/aromatic N) is 2. The molecule has 6 nitrogen and oxygen atoms in total. The first-order valence-corrected chi connectivity index (χ1v) is 4.74. The molecule has 0 saturated carbocycles. The van der Waals surface area contributed by atoms with Gasteiger partial charge in [-0.1, -0.05) is 0 Å². The predicted octanol–water partition coefficient (Wildman–Crippen LogP) is -0.285. The van der Waals surface area contributed by atoms with Gasteiger partial charge in [0.05, 0.1) is 12.2 Å². The van der Waals surface area contributed by atoms with Crippen molar-refractivity contribution < 1.29 is 4.79 Å². The SMILES string of the molecule is N=C(N)CCC(=O)NCCn1ccnc1. The van der Waals surface area contributed by atoms with Crippen molar-refractivity contribution in [2.75, 3.05) is 6.54 Å². The fourth-order valence-electron chi connectivity index (χ4n) is 1.08. The van der Waals surface area contributed by atoms with Crippen molar-refractivity contribution in [3.05, 3.63) is 18.7 Å². The van der Waals surface area contributed by atoms with E-state index < -0.39 is 0 Å². The quantitative estimate of drug-likeness (QED) is 0.444. The Kier molecular flexibility index (Phi) is 4.33. The molecular weight excluding hydrogens is 194 g/mol. The second kappa shape index (κ2) is 5.79. The number of hydrogen-bond donors (Lipinski definition) is 3. The summed E-state index contributed by atoms with van der Waals surface area (Å²) in [6, 6.07) is 0. The maximum Gasteiger partial charge on any atom is 0.220 e. The lowest BCUT2D eigenvalue weighted by Crippen LogP contribution is -2.27. The fourth-order valence-corrected chi connectivity index (χ4v) is 1.08. The summed E-state index contributed by atoms with van der Waals surface area (Å²) in [5.41, 5.74) is 5.14. The summed E-state index contributed by atoms with van der Waals surface area (Å²) in [5.74, 6) is -0.0370. The van der Waals surface area contributed by atoms with Crippen LogP contribution in [0.2, 0.25) is 0 Å². The molecule has 0 aliphatic carbocycles. The maximum absolute atomic E-state index is 11.2. The molecule has 6 heteroatoms. The third-order valence-electron chi connectivity index (χ3n) is 1.87. The topological polar surface area (TPSA) is 96.8 Å². The highest BCUT2D eigenvalue weighted by molar-refractivity contribution is 5.84. The lowest BCUT2D eigenvalue weighted by Gasteiger charge is -2.05. The monoisotopic (exact) mass is 209 g/mol. The van der Waals surface area contributed by atoms with Crippen molar-refractivity contribution in [2.24, 2.45) is 5.73 Å². The van der Waals surface area contributed by atoms with E-state index in [4.69, 9.17) is 11.1 Å². The number of carbonyl (C=O) groups excluding carboxylic acids is 1. The Labute approximate surface area is 88.0 Å². The molecule has 82 valence electrons. The summed E-state index contributed by atoms with van der Waals surface area (Å²) in [7, 11) is 0. The van der Waals surface area contributed by atoms with Crippen molar-refractivity contribution in [3.8, 4) is 0 Å². The lowest BCUT2D eigenvalue weighted by molar-refractivity contribution is -0.120. The molecule has 1 aromatic heterocycles. The van der Waals surface area contributed by atoms with Gasteiger partial charge < -0.3 is 15.6 Å². The molecule has 0 fully saturated rings. The van der Waals surface area contributed by atoms with E-state index in [1.54, 1.807) is 12.5 Å². The van der Waals surface area contributed by atoms with Crippen LogP contribution < -0.4 is 11.1 Å². The summed E-state index contributed by atoms with van der Waals surface area (Å²) < 4.78 is 1.88. The zero-order valence-electron chi connectivity index (χ0n) is 8.44. The van der Waals surface area contributed by atoms with Gasteiger partial charge in [0.1, 0.15) is 0 Å². The molecule has 0 atom stereocenters. The first-order valence-electron chi connectivity index (χ1n) is 4.74. The summed E-state index contributed by atoms with van der Waals surface area (Å²) in [5, 5.41) is 9.70. The molecular formula is C9H15N5O. The molecule has 1 heterocycles. The van der Waals surface area contributed by atoms with Gasteiger partial charge in [-0.05, 0) is 0 Å². The van der Waals surface area contributed by atoms with Gasteiger partial charge in [0.2, 0.25) is 5.91 Å². The second-order valence-corrected chi connectivity index (χ2v) is 3.18. The van der Waals surface area contributed by atoms with E-state index >= 15 is 0 Å². The Balaban J connectivity index is 2.09. The van der Waals surface area contributed by atoms with Crippen LogP contribution in [0, 0.1) is 5.41 Å². The van der Waals surface area contributed by atoms with Gasteiger partial charge in [-0.15, -0.1) is 0 Å². The van der Waals surface area contributed by atoms with E-state index in [9.17, 15) is 4.79 Å². The third-order valence-corrected chi connectivity index (χ3v) is 1.87. The summed E-state index contributed by atoms with van der Waals surface area (Å²) in [4.78, 5) is 15.1. The minimum atomic E-state index is -0.0784. The van der Waals surface area contributed by atoms with Crippen molar-refractivity contribution >= 4 is 11.7 Å². The van der Waals surface area contributed by atoms with Gasteiger partial charge >= 0.3 is 0 Å². The van der Waals surface area contributed by atoms with Gasteiger partial charge in [-0.3, -0.25) is 10.2 Å². The molecule has 0 spiro atoms. The van der Waals surface area contributed by atoms with E-state index in [0.717, 1.165) is 0 Å². The predicted molar refractivity (Wildman–Crippen MR) is 56.4 cm³/mol. The number of aromatic nitrogens is 2. The average molecular weight is 209 g/mol. The second-order valence-electron chi connectivity index (χ2n) is 3.18. The number of amidine groups is 1. The highest BCUT2D eigenvalue weighted by atomic mass is 16.1. The van der Waals surface area contributed by atoms with Crippen LogP contribution in [0.3, 0.4) is 0 Å². The van der Waals surface area contributed by atoms with Gasteiger partial charge in [0.25, 0.3) is 0 Å². The summed E-state index contributed by atoms with van der Waals surface area (Å²) >= 11 is 0. The van der Waals surface area contributed by atoms with E-state index in [1.807, 2.05) is 10.8 Å². The van der Waals surface area contributed by atoms with Crippen LogP contribution in [-0.2, 0) is 11.3 Å². The van der Waals surface area contributed by atoms with Crippen LogP contribution in [0.15, 0.2) is 18.7 Å². The standard InChI is InChI=1S/C9H15N5O/c10-8(11)1-2-9(15)13-4-6-14-5-3-12-7-14/h3,5,7H,1-2,4,6H2,(H3,10,11)(H,13,15). The normalized spacial score (nSPS) is 9.87. The Morgan fingerprint density at radius 1 is 1.53 bits per heavy atom. The van der Waals surface area contributed by atoms with Crippen molar-refractivity contribution in [1.82, 2.24) is 14.9 Å². The molecule has 0 aromatic carbocycles. The lowest BCUT2D eigenvalue weighted by atomic mass is 10.3. The number of carbonyl (C=O) groups is 1. The Morgan fingerprint density at radius 3 is 2.93 bits per heavy atom. The molecule has 0 radical (unpaired) electrons. The number of nitrogens with two attached hydrogens (primary N) is 1. The van der Waals surface area contributed by atoms with Crippen LogP contribution in [0.25, 0.3) is 0 Å². The van der Waals surface area contributed by atoms with E-state index in [0.29, 0.717) is 19.5 Å². The van der Waals surface area contributed by atoms with Crippen molar-refractivity contribution in [2.45, 2.75) is 19.4 Å². The Hall–Kier alpha value is -1.85. The first kappa shape index (κ1) is 11.2. The third kappa shape index (κ3) is 4.80. The molecule has 0 saturated heterocycles. The molecule has 4 N–H and O–H groups in total. The first-order chi connectivity index (χ1) is 7.18. The van der Waals surface area contributed by atoms with Crippen LogP contribution in [-0.4, -0.2) is 27.8 Å². The fraction of sp³-hybridized carbons (Fsp3) is 0.444. The molecule has 1 amide bonds. The van der Waals surface area contributed by atoms with E-state index in [2.05, 4.69) is 10.3 Å². The summed E-state index contributed by atoms with van der Waals surface area (Å²) in [6.45, 7) is 1.26. The number of imidazole rings is 1. The molecule has 1 aromatic rings. The van der Waals surface area contributed by atoms with E-state index in [1.165, 1.54) is 0 Å². The zero-order valence-corrected chi connectivity index (χ0v) is 8.44. The van der Waals surface area contributed by atoms with Crippen LogP contribution in [0.1, 0.15) is 12.8 Å². The van der Waals surface area contributed by atoms with Crippen molar-refractivity contribution in [1.29, 1.82) is 5.41 Å². The van der Waals surface area contributed by atoms with Gasteiger partial charge in [0.15, 0.2) is 0 Å². The van der Waals surface area contributed by atoms with Gasteiger partial charge in [-0.2, -0.15) is 0 Å². The van der Waals surface area contributed by atoms with Gasteiger partial charge in [-0.25, -0.2) is 4.98 Å². The smallest absolute Gasteiger partial charge is 0.220 e. The number of amides is 1. The Bertz CT molecular complexity index is 319. The molecule has 0 aliphatic heterocycles. The molecule has 0 unspecified atom stereocenters. The molecule has 0 bridgehead atoms. The number of hydrogen-bond acceptors (Lipinski definition) is 3. The molecule has 1 rings (SSSR count). The highest BCUT2D eigenvalue weighted by Crippen LogP contribution is 1.88. The highest BCUT2D eigenvalue weighted by Gasteiger charge is 2.01. The van der Waals surface area contributed by atoms with Crippen molar-refractivity contribution in [3.63, 3.8) is 0 Å². The van der Waals surface area contributed by atoms with E-state index in [-0.39, 0.29) is 18.2 Å². The van der Waals surface area contributed by atoms with Gasteiger partial charge in [0, 0.05) is 38.3 Å². The minimum Gasteiger partial charge on any atom is -0.388 e. The van der Waals surface area contributed by atoms with Crippen LogP contribution in [0.5, 0.6) is 0 Å². The zero-order chi connectivity index (χ0) is 11.1. The largest absolute Gasteiger partial charge is 0.388 e.